The maximum atomic E-state index is 12.8. The molecule has 1 heterocycles. The van der Waals surface area contributed by atoms with E-state index in [9.17, 15) is 9.90 Å². The highest BCUT2D eigenvalue weighted by atomic mass is 16.3. The summed E-state index contributed by atoms with van der Waals surface area (Å²) in [7, 11) is 0. The maximum absolute atomic E-state index is 12.8. The summed E-state index contributed by atoms with van der Waals surface area (Å²) in [5.74, 6) is -0.0272. The second-order valence-corrected chi connectivity index (χ2v) is 6.42. The van der Waals surface area contributed by atoms with Gasteiger partial charge in [0.1, 0.15) is 5.75 Å². The van der Waals surface area contributed by atoms with Gasteiger partial charge >= 0.3 is 0 Å². The van der Waals surface area contributed by atoms with Crippen molar-refractivity contribution in [3.05, 3.63) is 96.3 Å². The molecule has 0 aliphatic carbocycles. The van der Waals surface area contributed by atoms with Crippen molar-refractivity contribution in [2.24, 2.45) is 0 Å². The molecule has 0 atom stereocenters. The number of fused-ring (bicyclic) bond motifs is 1. The normalized spacial score (nSPS) is 10.6. The van der Waals surface area contributed by atoms with Gasteiger partial charge in [0, 0.05) is 35.7 Å². The number of para-hydroxylation sites is 1. The molecule has 0 radical (unpaired) electrons. The van der Waals surface area contributed by atoms with E-state index in [2.05, 4.69) is 15.6 Å². The Morgan fingerprint density at radius 2 is 1.75 bits per heavy atom. The van der Waals surface area contributed by atoms with Gasteiger partial charge in [-0.2, -0.15) is 0 Å². The molecular formula is C23H19N3O2. The third-order valence-corrected chi connectivity index (χ3v) is 4.52. The van der Waals surface area contributed by atoms with Crippen LogP contribution in [0.15, 0.2) is 85.2 Å². The van der Waals surface area contributed by atoms with Gasteiger partial charge in [-0.15, -0.1) is 0 Å². The Bertz CT molecular complexity index is 1130. The van der Waals surface area contributed by atoms with E-state index in [-0.39, 0.29) is 11.7 Å². The molecule has 5 nitrogen and oxygen atoms in total. The molecule has 0 spiro atoms. The van der Waals surface area contributed by atoms with Gasteiger partial charge in [-0.3, -0.25) is 9.78 Å². The van der Waals surface area contributed by atoms with Gasteiger partial charge in [0.2, 0.25) is 0 Å². The number of carbonyl (C=O) groups is 1. The maximum Gasteiger partial charge on any atom is 0.257 e. The van der Waals surface area contributed by atoms with Gasteiger partial charge in [-0.05, 0) is 53.4 Å². The predicted molar refractivity (Wildman–Crippen MR) is 112 cm³/mol. The van der Waals surface area contributed by atoms with Gasteiger partial charge in [0.15, 0.2) is 0 Å². The Morgan fingerprint density at radius 1 is 0.929 bits per heavy atom. The molecule has 0 aliphatic heterocycles. The number of aromatic hydroxyl groups is 1. The van der Waals surface area contributed by atoms with Gasteiger partial charge in [0.25, 0.3) is 5.91 Å². The molecule has 0 bridgehead atoms. The second-order valence-electron chi connectivity index (χ2n) is 6.42. The van der Waals surface area contributed by atoms with Crippen LogP contribution in [0, 0.1) is 0 Å². The third kappa shape index (κ3) is 3.78. The van der Waals surface area contributed by atoms with Crippen LogP contribution in [0.2, 0.25) is 0 Å². The number of rotatable bonds is 5. The summed E-state index contributed by atoms with van der Waals surface area (Å²) in [5.41, 5.74) is 3.01. The fourth-order valence-corrected chi connectivity index (χ4v) is 3.07. The minimum absolute atomic E-state index is 0.188. The number of hydrogen-bond acceptors (Lipinski definition) is 4. The summed E-state index contributed by atoms with van der Waals surface area (Å²) in [6.45, 7) is 0.594. The monoisotopic (exact) mass is 369 g/mol. The molecular weight excluding hydrogens is 350 g/mol. The zero-order chi connectivity index (χ0) is 19.3. The lowest BCUT2D eigenvalue weighted by Gasteiger charge is -2.13. The van der Waals surface area contributed by atoms with Crippen LogP contribution in [0.1, 0.15) is 15.9 Å². The van der Waals surface area contributed by atoms with Crippen molar-refractivity contribution in [3.8, 4) is 5.75 Å². The van der Waals surface area contributed by atoms with Crippen molar-refractivity contribution in [1.82, 2.24) is 4.98 Å². The van der Waals surface area contributed by atoms with Crippen molar-refractivity contribution < 1.29 is 9.90 Å². The van der Waals surface area contributed by atoms with Crippen molar-refractivity contribution in [3.63, 3.8) is 0 Å². The standard InChI is InChI=1S/C23H19N3O2/c27-22-7-3-4-17-8-9-18(14-20(17)22)26-23(28)19-5-1-2-6-21(19)25-15-16-10-12-24-13-11-16/h1-14,25,27H,15H2,(H,26,28). The molecule has 0 aliphatic rings. The molecule has 4 rings (SSSR count). The molecule has 28 heavy (non-hydrogen) atoms. The lowest BCUT2D eigenvalue weighted by Crippen LogP contribution is -2.14. The number of nitrogens with one attached hydrogen (secondary N) is 2. The summed E-state index contributed by atoms with van der Waals surface area (Å²) in [6, 6.07) is 22.0. The van der Waals surface area contributed by atoms with Gasteiger partial charge < -0.3 is 15.7 Å². The van der Waals surface area contributed by atoms with Crippen molar-refractivity contribution in [2.75, 3.05) is 10.6 Å². The van der Waals surface area contributed by atoms with E-state index >= 15 is 0 Å². The topological polar surface area (TPSA) is 74.2 Å². The fraction of sp³-hybridized carbons (Fsp3) is 0.0435. The average molecular weight is 369 g/mol. The molecule has 5 heteroatoms. The van der Waals surface area contributed by atoms with Crippen LogP contribution in [0.5, 0.6) is 5.75 Å². The van der Waals surface area contributed by atoms with Gasteiger partial charge in [-0.25, -0.2) is 0 Å². The zero-order valence-corrected chi connectivity index (χ0v) is 15.1. The first-order valence-electron chi connectivity index (χ1n) is 8.95. The first-order valence-corrected chi connectivity index (χ1v) is 8.95. The number of carbonyl (C=O) groups excluding carboxylic acids is 1. The number of anilines is 2. The van der Waals surface area contributed by atoms with Crippen LogP contribution in [-0.4, -0.2) is 16.0 Å². The Morgan fingerprint density at radius 3 is 2.61 bits per heavy atom. The summed E-state index contributed by atoms with van der Waals surface area (Å²) < 4.78 is 0. The van der Waals surface area contributed by atoms with Crippen molar-refractivity contribution in [2.45, 2.75) is 6.54 Å². The third-order valence-electron chi connectivity index (χ3n) is 4.52. The number of aromatic nitrogens is 1. The summed E-state index contributed by atoms with van der Waals surface area (Å²) in [6.07, 6.45) is 3.48. The number of nitrogens with zero attached hydrogens (tertiary/aromatic N) is 1. The quantitative estimate of drug-likeness (QED) is 0.472. The number of benzene rings is 3. The minimum atomic E-state index is -0.215. The molecule has 4 aromatic rings. The Kier molecular flexibility index (Phi) is 4.89. The van der Waals surface area contributed by atoms with E-state index in [4.69, 9.17) is 0 Å². The second kappa shape index (κ2) is 7.80. The minimum Gasteiger partial charge on any atom is -0.507 e. The van der Waals surface area contributed by atoms with Crippen LogP contribution < -0.4 is 10.6 Å². The van der Waals surface area contributed by atoms with Crippen molar-refractivity contribution >= 4 is 28.1 Å². The Balaban J connectivity index is 1.54. The van der Waals surface area contributed by atoms with Gasteiger partial charge in [-0.1, -0.05) is 30.3 Å². The number of pyridine rings is 1. The largest absolute Gasteiger partial charge is 0.507 e. The number of amides is 1. The first kappa shape index (κ1) is 17.5. The van der Waals surface area contributed by atoms with E-state index in [0.29, 0.717) is 23.2 Å². The number of phenolic OH excluding ortho intramolecular Hbond substituents is 1. The van der Waals surface area contributed by atoms with Crippen LogP contribution in [-0.2, 0) is 6.54 Å². The highest BCUT2D eigenvalue weighted by molar-refractivity contribution is 6.08. The van der Waals surface area contributed by atoms with Crippen LogP contribution in [0.4, 0.5) is 11.4 Å². The Hall–Kier alpha value is -3.86. The van der Waals surface area contributed by atoms with E-state index in [1.54, 1.807) is 36.7 Å². The Labute approximate surface area is 162 Å². The van der Waals surface area contributed by atoms with Gasteiger partial charge in [0.05, 0.1) is 5.56 Å². The molecule has 1 aromatic heterocycles. The molecule has 138 valence electrons. The van der Waals surface area contributed by atoms with Crippen LogP contribution in [0.3, 0.4) is 0 Å². The molecule has 3 N–H and O–H groups in total. The first-order chi connectivity index (χ1) is 13.7. The lowest BCUT2D eigenvalue weighted by molar-refractivity contribution is 0.102. The summed E-state index contributed by atoms with van der Waals surface area (Å²) >= 11 is 0. The fourth-order valence-electron chi connectivity index (χ4n) is 3.07. The van der Waals surface area contributed by atoms with E-state index in [1.807, 2.05) is 48.5 Å². The SMILES string of the molecule is O=C(Nc1ccc2cccc(O)c2c1)c1ccccc1NCc1ccncc1. The average Bonchev–Trinajstić information content (AvgIpc) is 2.74. The smallest absolute Gasteiger partial charge is 0.257 e. The highest BCUT2D eigenvalue weighted by Crippen LogP contribution is 2.27. The van der Waals surface area contributed by atoms with Crippen molar-refractivity contribution in [1.29, 1.82) is 0 Å². The zero-order valence-electron chi connectivity index (χ0n) is 15.1. The van der Waals surface area contributed by atoms with E-state index in [1.165, 1.54) is 0 Å². The molecule has 0 fully saturated rings. The lowest BCUT2D eigenvalue weighted by atomic mass is 10.1. The molecule has 0 saturated heterocycles. The van der Waals surface area contributed by atoms with E-state index < -0.39 is 0 Å². The summed E-state index contributed by atoms with van der Waals surface area (Å²) in [4.78, 5) is 16.9. The predicted octanol–water partition coefficient (Wildman–Crippen LogP) is 4.80. The molecule has 1 amide bonds. The van der Waals surface area contributed by atoms with E-state index in [0.717, 1.165) is 16.6 Å². The molecule has 0 unspecified atom stereocenters. The summed E-state index contributed by atoms with van der Waals surface area (Å²) in [5, 5.41) is 17.9. The van der Waals surface area contributed by atoms with Crippen LogP contribution in [0.25, 0.3) is 10.8 Å². The molecule has 0 saturated carbocycles. The molecule has 3 aromatic carbocycles. The number of hydrogen-bond donors (Lipinski definition) is 3. The number of phenols is 1. The van der Waals surface area contributed by atoms with Crippen LogP contribution >= 0.6 is 0 Å². The highest BCUT2D eigenvalue weighted by Gasteiger charge is 2.12.